The Morgan fingerprint density at radius 2 is 1.14 bits per heavy atom. The molecule has 10 nitrogen and oxygen atoms in total. The molecule has 0 bridgehead atoms. The minimum atomic E-state index is -1.12. The molecule has 0 aromatic heterocycles. The standard InChI is InChI=1S/C10H21FN2.C10H21N.C9H20N2.C8H18N2.C8H15NO.C8H17N/c1-9(2,3)13-6-8(12)5-10(4,11)7-13;1-10(2,3)11-9-7-5-4-6-8-9;1-9(2,3)11-6-4-5-8(10)7-11;1-8(2,3)10-6-4-9-5-7-10;1-8(2,3)6-4-5-9-7(6)10;1-8(2,3)9(4)7-5-6-7/h8H,5-7,12H2,1-4H3;9,11H,4-8H2,1-3H3;8H,4-7,10H2,1-3H3;9H,4-7H2,1-3H3;6H,4-5H2,1-3H3,(H,9,10);7H,5-6H2,1-4H3. The van der Waals surface area contributed by atoms with Crippen LogP contribution in [0.15, 0.2) is 0 Å². The van der Waals surface area contributed by atoms with Crippen LogP contribution in [0.2, 0.25) is 0 Å². The van der Waals surface area contributed by atoms with Crippen LogP contribution < -0.4 is 27.4 Å². The Hall–Kier alpha value is -0.920. The van der Waals surface area contributed by atoms with Gasteiger partial charge in [-0.1, -0.05) is 40.0 Å². The second kappa shape index (κ2) is 26.2. The second-order valence-corrected chi connectivity index (χ2v) is 26.6. The van der Waals surface area contributed by atoms with Crippen molar-refractivity contribution in [3.05, 3.63) is 0 Å². The molecular formula is C53H112FN9O. The summed E-state index contributed by atoms with van der Waals surface area (Å²) in [4.78, 5) is 20.7. The number of piperidine rings is 2. The predicted octanol–water partition coefficient (Wildman–Crippen LogP) is 9.20. The third kappa shape index (κ3) is 26.6. The van der Waals surface area contributed by atoms with Gasteiger partial charge in [0, 0.05) is 110 Å². The molecule has 4 atom stereocenters. The Balaban J connectivity index is 0.000000385. The summed E-state index contributed by atoms with van der Waals surface area (Å²) in [5, 5.41) is 9.84. The first-order valence-electron chi connectivity index (χ1n) is 25.9. The van der Waals surface area contributed by atoms with Gasteiger partial charge in [-0.05, 0) is 181 Å². The highest BCUT2D eigenvalue weighted by molar-refractivity contribution is 5.81. The van der Waals surface area contributed by atoms with Gasteiger partial charge in [0.15, 0.2) is 0 Å². The van der Waals surface area contributed by atoms with E-state index in [0.29, 0.717) is 41.2 Å². The molecule has 0 radical (unpaired) electrons. The lowest BCUT2D eigenvalue weighted by molar-refractivity contribution is -0.125. The molecule has 6 rings (SSSR count). The average Bonchev–Trinajstić information content (AvgIpc) is 3.88. The number of rotatable bonds is 2. The third-order valence-corrected chi connectivity index (χ3v) is 13.6. The van der Waals surface area contributed by atoms with Crippen molar-refractivity contribution in [2.75, 3.05) is 66.0 Å². The smallest absolute Gasteiger partial charge is 0.223 e. The van der Waals surface area contributed by atoms with Crippen molar-refractivity contribution < 1.29 is 9.18 Å². The van der Waals surface area contributed by atoms with Crippen LogP contribution in [0.1, 0.15) is 202 Å². The van der Waals surface area contributed by atoms with Gasteiger partial charge >= 0.3 is 0 Å². The lowest BCUT2D eigenvalue weighted by atomic mass is 9.80. The van der Waals surface area contributed by atoms with Crippen molar-refractivity contribution in [1.82, 2.24) is 35.6 Å². The number of alkyl halides is 1. The molecule has 6 fully saturated rings. The summed E-state index contributed by atoms with van der Waals surface area (Å²) < 4.78 is 13.8. The molecule has 382 valence electrons. The van der Waals surface area contributed by atoms with Gasteiger partial charge in [-0.3, -0.25) is 24.4 Å². The van der Waals surface area contributed by atoms with Crippen molar-refractivity contribution in [3.8, 4) is 0 Å². The minimum Gasteiger partial charge on any atom is -0.356 e. The fraction of sp³-hybridized carbons (Fsp3) is 0.981. The SMILES string of the molecule is CC(C)(C)C1CCNC1=O.CC(C)(C)N1CCCC(N)C1.CC(C)(C)N1CCNCC1.CC(C)(C)NC1CCCCC1.CC1(F)CC(N)CN(C(C)(C)C)C1.CN(C1CC1)C(C)(C)C. The van der Waals surface area contributed by atoms with E-state index < -0.39 is 5.67 Å². The molecule has 2 saturated carbocycles. The van der Waals surface area contributed by atoms with Gasteiger partial charge in [-0.15, -0.1) is 0 Å². The van der Waals surface area contributed by atoms with Crippen molar-refractivity contribution in [2.45, 2.75) is 260 Å². The van der Waals surface area contributed by atoms with E-state index in [2.05, 4.69) is 167 Å². The number of nitrogens with one attached hydrogen (secondary N) is 3. The fourth-order valence-corrected chi connectivity index (χ4v) is 9.18. The number of piperazine rings is 1. The topological polar surface area (TPSA) is 118 Å². The van der Waals surface area contributed by atoms with Crippen LogP contribution in [0, 0.1) is 11.3 Å². The summed E-state index contributed by atoms with van der Waals surface area (Å²) in [6.07, 6.45) is 13.8. The maximum atomic E-state index is 13.8. The molecule has 4 saturated heterocycles. The van der Waals surface area contributed by atoms with Crippen LogP contribution in [0.3, 0.4) is 0 Å². The number of nitrogens with zero attached hydrogens (tertiary/aromatic N) is 4. The van der Waals surface area contributed by atoms with Crippen LogP contribution in [0.5, 0.6) is 0 Å². The van der Waals surface area contributed by atoms with Gasteiger partial charge in [0.05, 0.1) is 0 Å². The Kier molecular flexibility index (Phi) is 25.0. The van der Waals surface area contributed by atoms with Crippen molar-refractivity contribution in [3.63, 3.8) is 0 Å². The van der Waals surface area contributed by atoms with E-state index in [4.69, 9.17) is 11.5 Å². The van der Waals surface area contributed by atoms with E-state index in [9.17, 15) is 9.18 Å². The summed E-state index contributed by atoms with van der Waals surface area (Å²) >= 11 is 0. The number of halogens is 1. The Labute approximate surface area is 397 Å². The van der Waals surface area contributed by atoms with Crippen LogP contribution >= 0.6 is 0 Å². The highest BCUT2D eigenvalue weighted by Crippen LogP contribution is 2.32. The normalized spacial score (nSPS) is 27.2. The number of hydrogen-bond donors (Lipinski definition) is 5. The lowest BCUT2D eigenvalue weighted by Crippen LogP contribution is -2.58. The van der Waals surface area contributed by atoms with E-state index in [1.165, 1.54) is 77.4 Å². The van der Waals surface area contributed by atoms with E-state index in [1.807, 2.05) is 0 Å². The zero-order valence-corrected chi connectivity index (χ0v) is 46.3. The molecule has 1 amide bonds. The second-order valence-electron chi connectivity index (χ2n) is 26.6. The fourth-order valence-electron chi connectivity index (χ4n) is 9.18. The molecule has 0 aromatic rings. The van der Waals surface area contributed by atoms with Gasteiger partial charge in [0.2, 0.25) is 5.91 Å². The average molecular weight is 911 g/mol. The van der Waals surface area contributed by atoms with Gasteiger partial charge in [-0.2, -0.15) is 0 Å². The zero-order valence-electron chi connectivity index (χ0n) is 46.3. The van der Waals surface area contributed by atoms with Gasteiger partial charge in [-0.25, -0.2) is 4.39 Å². The Bertz CT molecular complexity index is 1270. The van der Waals surface area contributed by atoms with Crippen LogP contribution in [-0.4, -0.2) is 149 Å². The third-order valence-electron chi connectivity index (χ3n) is 13.6. The summed E-state index contributed by atoms with van der Waals surface area (Å²) in [5.41, 5.74) is 12.1. The lowest BCUT2D eigenvalue weighted by Gasteiger charge is -2.45. The molecule has 2 aliphatic carbocycles. The molecule has 4 unspecified atom stereocenters. The van der Waals surface area contributed by atoms with Crippen LogP contribution in [-0.2, 0) is 4.79 Å². The van der Waals surface area contributed by atoms with Crippen molar-refractivity contribution >= 4 is 5.91 Å². The van der Waals surface area contributed by atoms with Crippen molar-refractivity contribution in [1.29, 1.82) is 0 Å². The maximum absolute atomic E-state index is 13.8. The number of carbonyl (C=O) groups is 1. The maximum Gasteiger partial charge on any atom is 0.223 e. The highest BCUT2D eigenvalue weighted by Gasteiger charge is 2.39. The quantitative estimate of drug-likeness (QED) is 0.185. The molecule has 0 aromatic carbocycles. The van der Waals surface area contributed by atoms with Gasteiger partial charge in [0.1, 0.15) is 5.67 Å². The molecular weight excluding hydrogens is 798 g/mol. The number of hydrogen-bond acceptors (Lipinski definition) is 9. The number of carbonyl (C=O) groups excluding carboxylic acids is 1. The van der Waals surface area contributed by atoms with E-state index in [-0.39, 0.29) is 28.8 Å². The molecule has 0 spiro atoms. The summed E-state index contributed by atoms with van der Waals surface area (Å²) in [6, 6.07) is 2.07. The van der Waals surface area contributed by atoms with Crippen LogP contribution in [0.25, 0.3) is 0 Å². The van der Waals surface area contributed by atoms with Gasteiger partial charge < -0.3 is 27.4 Å². The number of nitrogens with two attached hydrogens (primary N) is 2. The highest BCUT2D eigenvalue weighted by atomic mass is 19.1. The number of amides is 1. The van der Waals surface area contributed by atoms with Crippen molar-refractivity contribution in [2.24, 2.45) is 22.8 Å². The summed E-state index contributed by atoms with van der Waals surface area (Å²) in [7, 11) is 2.22. The first-order chi connectivity index (χ1) is 28.9. The predicted molar refractivity (Wildman–Crippen MR) is 277 cm³/mol. The first-order valence-corrected chi connectivity index (χ1v) is 25.9. The monoisotopic (exact) mass is 910 g/mol. The van der Waals surface area contributed by atoms with Crippen LogP contribution in [0.4, 0.5) is 4.39 Å². The zero-order chi connectivity index (χ0) is 49.5. The van der Waals surface area contributed by atoms with Gasteiger partial charge in [0.25, 0.3) is 0 Å². The van der Waals surface area contributed by atoms with E-state index in [0.717, 1.165) is 51.2 Å². The Morgan fingerprint density at radius 3 is 1.45 bits per heavy atom. The largest absolute Gasteiger partial charge is 0.356 e. The molecule has 64 heavy (non-hydrogen) atoms. The Morgan fingerprint density at radius 1 is 0.641 bits per heavy atom. The molecule has 4 aliphatic heterocycles. The van der Waals surface area contributed by atoms with E-state index >= 15 is 0 Å². The summed E-state index contributed by atoms with van der Waals surface area (Å²) in [5.74, 6) is 0.458. The number of likely N-dealkylation sites (tertiary alicyclic amines) is 2. The van der Waals surface area contributed by atoms with E-state index in [1.54, 1.807) is 6.92 Å². The molecule has 4 heterocycles. The minimum absolute atomic E-state index is 0.0192. The molecule has 7 N–H and O–H groups in total. The molecule has 6 aliphatic rings. The molecule has 11 heteroatoms. The first kappa shape index (κ1) is 61.1. The summed E-state index contributed by atoms with van der Waals surface area (Å²) in [6.45, 7) is 50.6.